The largest absolute Gasteiger partial charge is 0.495 e. The third-order valence-electron chi connectivity index (χ3n) is 4.77. The molecule has 10 heteroatoms. The zero-order valence-electron chi connectivity index (χ0n) is 18.1. The summed E-state index contributed by atoms with van der Waals surface area (Å²) in [5.41, 5.74) is 1.81. The number of nitrogens with one attached hydrogen (secondary N) is 2. The topological polar surface area (TPSA) is 93.7 Å². The first-order valence-electron chi connectivity index (χ1n) is 9.70. The third-order valence-corrected chi connectivity index (χ3v) is 7.14. The smallest absolute Gasteiger partial charge is 0.323 e. The molecule has 2 amide bonds. The van der Waals surface area contributed by atoms with Gasteiger partial charge >= 0.3 is 6.03 Å². The van der Waals surface area contributed by atoms with Gasteiger partial charge in [-0.2, -0.15) is 0 Å². The van der Waals surface area contributed by atoms with E-state index in [2.05, 4.69) is 10.6 Å². The van der Waals surface area contributed by atoms with E-state index in [-0.39, 0.29) is 10.6 Å². The van der Waals surface area contributed by atoms with Crippen molar-refractivity contribution in [2.24, 2.45) is 0 Å². The van der Waals surface area contributed by atoms with Gasteiger partial charge in [0.25, 0.3) is 0 Å². The second-order valence-electron chi connectivity index (χ2n) is 7.13. The molecule has 7 nitrogen and oxygen atoms in total. The standard InChI is InChI=1S/C23H22Cl2N2O5S/c1-14-4-9-17(10-22(14)33(29,30)13-15-5-7-16(24)8-6-15)26-23(28)27-19-11-18(25)20(31-2)12-21(19)32-3/h4-12H,13H2,1-3H3,(H2,26,27,28). The quantitative estimate of drug-likeness (QED) is 0.411. The van der Waals surface area contributed by atoms with Crippen LogP contribution in [0.5, 0.6) is 11.5 Å². The second kappa shape index (κ2) is 10.3. The maximum Gasteiger partial charge on any atom is 0.323 e. The number of ether oxygens (including phenoxy) is 2. The number of anilines is 2. The lowest BCUT2D eigenvalue weighted by atomic mass is 10.2. The summed E-state index contributed by atoms with van der Waals surface area (Å²) in [6, 6.07) is 13.7. The molecule has 3 aromatic rings. The Hall–Kier alpha value is -2.94. The SMILES string of the molecule is COc1cc(OC)c(NC(=O)Nc2ccc(C)c(S(=O)(=O)Cc3ccc(Cl)cc3)c2)cc1Cl. The molecule has 0 unspecified atom stereocenters. The van der Waals surface area contributed by atoms with Gasteiger partial charge in [0.2, 0.25) is 0 Å². The van der Waals surface area contributed by atoms with E-state index >= 15 is 0 Å². The lowest BCUT2D eigenvalue weighted by Crippen LogP contribution is -2.20. The minimum Gasteiger partial charge on any atom is -0.495 e. The first-order chi connectivity index (χ1) is 15.6. The molecule has 33 heavy (non-hydrogen) atoms. The molecule has 3 rings (SSSR count). The molecule has 0 aliphatic carbocycles. The Bertz CT molecular complexity index is 1280. The van der Waals surface area contributed by atoms with Crippen molar-refractivity contribution < 1.29 is 22.7 Å². The van der Waals surface area contributed by atoms with Gasteiger partial charge in [-0.3, -0.25) is 0 Å². The monoisotopic (exact) mass is 508 g/mol. The fourth-order valence-electron chi connectivity index (χ4n) is 3.13. The zero-order chi connectivity index (χ0) is 24.2. The van der Waals surface area contributed by atoms with Crippen LogP contribution in [0.25, 0.3) is 0 Å². The predicted molar refractivity (Wildman–Crippen MR) is 131 cm³/mol. The van der Waals surface area contributed by atoms with Gasteiger partial charge in [-0.05, 0) is 48.4 Å². The fourth-order valence-corrected chi connectivity index (χ4v) is 5.15. The van der Waals surface area contributed by atoms with Crippen molar-refractivity contribution in [3.63, 3.8) is 0 Å². The van der Waals surface area contributed by atoms with E-state index in [0.29, 0.717) is 44.0 Å². The van der Waals surface area contributed by atoms with Gasteiger partial charge in [0.05, 0.1) is 35.6 Å². The van der Waals surface area contributed by atoms with Gasteiger partial charge in [-0.15, -0.1) is 0 Å². The summed E-state index contributed by atoms with van der Waals surface area (Å²) in [7, 11) is -0.748. The molecule has 0 heterocycles. The van der Waals surface area contributed by atoms with Crippen LogP contribution in [-0.2, 0) is 15.6 Å². The summed E-state index contributed by atoms with van der Waals surface area (Å²) in [5.74, 6) is 0.553. The number of methoxy groups -OCH3 is 2. The summed E-state index contributed by atoms with van der Waals surface area (Å²) in [4.78, 5) is 12.7. The van der Waals surface area contributed by atoms with Gasteiger partial charge < -0.3 is 20.1 Å². The predicted octanol–water partition coefficient (Wildman–Crippen LogP) is 5.94. The number of carbonyl (C=O) groups excluding carboxylic acids is 1. The average molecular weight is 509 g/mol. The Morgan fingerprint density at radius 2 is 1.58 bits per heavy atom. The maximum atomic E-state index is 13.0. The van der Waals surface area contributed by atoms with Crippen LogP contribution in [0, 0.1) is 6.92 Å². The van der Waals surface area contributed by atoms with Crippen molar-refractivity contribution in [2.45, 2.75) is 17.6 Å². The van der Waals surface area contributed by atoms with Crippen LogP contribution in [0.1, 0.15) is 11.1 Å². The van der Waals surface area contributed by atoms with Crippen LogP contribution in [0.3, 0.4) is 0 Å². The number of hydrogen-bond acceptors (Lipinski definition) is 5. The minimum atomic E-state index is -3.66. The first kappa shape index (κ1) is 24.7. The number of hydrogen-bond donors (Lipinski definition) is 2. The Morgan fingerprint density at radius 3 is 2.21 bits per heavy atom. The Balaban J connectivity index is 1.80. The number of carbonyl (C=O) groups is 1. The summed E-state index contributed by atoms with van der Waals surface area (Å²) < 4.78 is 36.4. The number of rotatable bonds is 7. The van der Waals surface area contributed by atoms with Crippen LogP contribution < -0.4 is 20.1 Å². The van der Waals surface area contributed by atoms with Crippen LogP contribution in [0.15, 0.2) is 59.5 Å². The highest BCUT2D eigenvalue weighted by Gasteiger charge is 2.19. The number of aryl methyl sites for hydroxylation is 1. The molecule has 0 saturated carbocycles. The fraction of sp³-hybridized carbons (Fsp3) is 0.174. The van der Waals surface area contributed by atoms with Gasteiger partial charge in [0, 0.05) is 16.8 Å². The Labute approximate surface area is 202 Å². The minimum absolute atomic E-state index is 0.125. The van der Waals surface area contributed by atoms with E-state index in [1.54, 1.807) is 49.4 Å². The Kier molecular flexibility index (Phi) is 7.73. The highest BCUT2D eigenvalue weighted by atomic mass is 35.5. The number of benzene rings is 3. The van der Waals surface area contributed by atoms with E-state index in [1.807, 2.05) is 0 Å². The van der Waals surface area contributed by atoms with E-state index in [4.69, 9.17) is 32.7 Å². The summed E-state index contributed by atoms with van der Waals surface area (Å²) in [6.07, 6.45) is 0. The van der Waals surface area contributed by atoms with Crippen LogP contribution >= 0.6 is 23.2 Å². The molecule has 3 aromatic carbocycles. The molecule has 0 fully saturated rings. The second-order valence-corrected chi connectivity index (χ2v) is 9.93. The van der Waals surface area contributed by atoms with E-state index in [1.165, 1.54) is 26.4 Å². The molecule has 0 radical (unpaired) electrons. The summed E-state index contributed by atoms with van der Waals surface area (Å²) in [6.45, 7) is 1.70. The number of amides is 2. The highest BCUT2D eigenvalue weighted by molar-refractivity contribution is 7.90. The van der Waals surface area contributed by atoms with Gasteiger partial charge in [-0.25, -0.2) is 13.2 Å². The zero-order valence-corrected chi connectivity index (χ0v) is 20.4. The van der Waals surface area contributed by atoms with Gasteiger partial charge in [-0.1, -0.05) is 41.4 Å². The molecule has 0 aromatic heterocycles. The van der Waals surface area contributed by atoms with Crippen LogP contribution in [0.4, 0.5) is 16.2 Å². The molecule has 0 spiro atoms. The number of sulfone groups is 1. The number of halogens is 2. The van der Waals surface area contributed by atoms with Crippen molar-refractivity contribution in [2.75, 3.05) is 24.9 Å². The maximum absolute atomic E-state index is 13.0. The van der Waals surface area contributed by atoms with Crippen molar-refractivity contribution in [1.29, 1.82) is 0 Å². The molecule has 0 saturated heterocycles. The molecule has 0 aliphatic heterocycles. The Morgan fingerprint density at radius 1 is 0.909 bits per heavy atom. The average Bonchev–Trinajstić information content (AvgIpc) is 2.76. The first-order valence-corrected chi connectivity index (χ1v) is 12.1. The molecule has 2 N–H and O–H groups in total. The summed E-state index contributed by atoms with van der Waals surface area (Å²) in [5, 5.41) is 6.10. The molecule has 0 aliphatic rings. The van der Waals surface area contributed by atoms with Crippen LogP contribution in [-0.4, -0.2) is 28.7 Å². The van der Waals surface area contributed by atoms with Crippen molar-refractivity contribution in [1.82, 2.24) is 0 Å². The van der Waals surface area contributed by atoms with E-state index in [0.717, 1.165) is 0 Å². The molecular weight excluding hydrogens is 487 g/mol. The molecule has 0 atom stereocenters. The van der Waals surface area contributed by atoms with E-state index < -0.39 is 15.9 Å². The van der Waals surface area contributed by atoms with E-state index in [9.17, 15) is 13.2 Å². The lowest BCUT2D eigenvalue weighted by Gasteiger charge is -2.14. The highest BCUT2D eigenvalue weighted by Crippen LogP contribution is 2.36. The van der Waals surface area contributed by atoms with Gasteiger partial charge in [0.1, 0.15) is 11.5 Å². The van der Waals surface area contributed by atoms with Crippen molar-refractivity contribution >= 4 is 50.4 Å². The summed E-state index contributed by atoms with van der Waals surface area (Å²) >= 11 is 12.0. The molecular formula is C23H22Cl2N2O5S. The van der Waals surface area contributed by atoms with Crippen LogP contribution in [0.2, 0.25) is 10.0 Å². The van der Waals surface area contributed by atoms with Gasteiger partial charge in [0.15, 0.2) is 9.84 Å². The third kappa shape index (κ3) is 6.10. The normalized spacial score (nSPS) is 11.1. The lowest BCUT2D eigenvalue weighted by molar-refractivity contribution is 0.262. The number of urea groups is 1. The van der Waals surface area contributed by atoms with Crippen molar-refractivity contribution in [3.8, 4) is 11.5 Å². The molecule has 174 valence electrons. The molecule has 0 bridgehead atoms. The van der Waals surface area contributed by atoms with Crippen molar-refractivity contribution in [3.05, 3.63) is 75.8 Å².